The number of amides is 3. The van der Waals surface area contributed by atoms with E-state index in [2.05, 4.69) is 5.32 Å². The van der Waals surface area contributed by atoms with Gasteiger partial charge in [0.2, 0.25) is 11.8 Å². The average molecular weight is 520 g/mol. The first-order valence-electron chi connectivity index (χ1n) is 13.5. The SMILES string of the molecule is CCCNC(=O)C(Cc1ccccc1)N(Cc1ccc(C)cc1)C(=O)CN1C(=O)c2cccc3cccc1c23. The number of carbonyl (C=O) groups is 3. The zero-order valence-electron chi connectivity index (χ0n) is 22.4. The number of carbonyl (C=O) groups excluding carboxylic acids is 3. The summed E-state index contributed by atoms with van der Waals surface area (Å²) in [7, 11) is 0. The highest BCUT2D eigenvalue weighted by atomic mass is 16.2. The minimum absolute atomic E-state index is 0.148. The van der Waals surface area contributed by atoms with Gasteiger partial charge >= 0.3 is 0 Å². The quantitative estimate of drug-likeness (QED) is 0.310. The van der Waals surface area contributed by atoms with E-state index in [0.29, 0.717) is 18.5 Å². The van der Waals surface area contributed by atoms with Crippen LogP contribution in [-0.2, 0) is 22.6 Å². The van der Waals surface area contributed by atoms with Crippen molar-refractivity contribution in [1.29, 1.82) is 0 Å². The summed E-state index contributed by atoms with van der Waals surface area (Å²) in [4.78, 5) is 44.3. The first-order chi connectivity index (χ1) is 19.0. The van der Waals surface area contributed by atoms with E-state index in [1.807, 2.05) is 98.8 Å². The molecule has 4 aromatic carbocycles. The van der Waals surface area contributed by atoms with Crippen molar-refractivity contribution in [1.82, 2.24) is 10.2 Å². The molecule has 0 aromatic heterocycles. The number of hydrogen-bond donors (Lipinski definition) is 1. The number of aryl methyl sites for hydroxylation is 1. The summed E-state index contributed by atoms with van der Waals surface area (Å²) in [5, 5.41) is 4.83. The van der Waals surface area contributed by atoms with Crippen molar-refractivity contribution in [3.8, 4) is 0 Å². The molecule has 1 heterocycles. The van der Waals surface area contributed by atoms with E-state index in [1.54, 1.807) is 15.9 Å². The van der Waals surface area contributed by atoms with Gasteiger partial charge in [0.1, 0.15) is 12.6 Å². The van der Waals surface area contributed by atoms with Crippen molar-refractivity contribution in [2.45, 2.75) is 39.3 Å². The molecular weight excluding hydrogens is 486 g/mol. The highest BCUT2D eigenvalue weighted by Gasteiger charge is 2.35. The van der Waals surface area contributed by atoms with Crippen LogP contribution in [0.15, 0.2) is 91.0 Å². The number of nitrogens with one attached hydrogen (secondary N) is 1. The van der Waals surface area contributed by atoms with Gasteiger partial charge in [-0.1, -0.05) is 91.3 Å². The monoisotopic (exact) mass is 519 g/mol. The number of rotatable bonds is 10. The third-order valence-electron chi connectivity index (χ3n) is 7.24. The second kappa shape index (κ2) is 11.5. The lowest BCUT2D eigenvalue weighted by Crippen LogP contribution is -2.53. The average Bonchev–Trinajstić information content (AvgIpc) is 3.23. The van der Waals surface area contributed by atoms with E-state index < -0.39 is 6.04 Å². The molecule has 4 aromatic rings. The molecule has 0 saturated heterocycles. The van der Waals surface area contributed by atoms with Crippen molar-refractivity contribution >= 4 is 34.2 Å². The molecule has 0 spiro atoms. The second-order valence-corrected chi connectivity index (χ2v) is 10.1. The smallest absolute Gasteiger partial charge is 0.259 e. The van der Waals surface area contributed by atoms with E-state index in [-0.39, 0.29) is 30.8 Å². The minimum atomic E-state index is -0.733. The molecular formula is C33H33N3O3. The van der Waals surface area contributed by atoms with Crippen LogP contribution in [-0.4, -0.2) is 41.8 Å². The molecule has 0 radical (unpaired) electrons. The highest BCUT2D eigenvalue weighted by Crippen LogP contribution is 2.37. The summed E-state index contributed by atoms with van der Waals surface area (Å²) in [5.74, 6) is -0.666. The molecule has 198 valence electrons. The Labute approximate surface area is 229 Å². The van der Waals surface area contributed by atoms with Crippen molar-refractivity contribution in [2.24, 2.45) is 0 Å². The molecule has 1 unspecified atom stereocenters. The lowest BCUT2D eigenvalue weighted by Gasteiger charge is -2.33. The first-order valence-corrected chi connectivity index (χ1v) is 13.5. The van der Waals surface area contributed by atoms with Gasteiger partial charge in [-0.05, 0) is 42.0 Å². The highest BCUT2D eigenvalue weighted by molar-refractivity contribution is 6.26. The summed E-state index contributed by atoms with van der Waals surface area (Å²) >= 11 is 0. The molecule has 1 aliphatic rings. The Hall–Kier alpha value is -4.45. The van der Waals surface area contributed by atoms with Gasteiger partial charge in [-0.25, -0.2) is 0 Å². The summed E-state index contributed by atoms with van der Waals surface area (Å²) in [5.41, 5.74) is 4.33. The third-order valence-corrected chi connectivity index (χ3v) is 7.24. The molecule has 39 heavy (non-hydrogen) atoms. The molecule has 6 nitrogen and oxygen atoms in total. The molecule has 5 rings (SSSR count). The Morgan fingerprint density at radius 1 is 0.872 bits per heavy atom. The first kappa shape index (κ1) is 26.2. The summed E-state index contributed by atoms with van der Waals surface area (Å²) in [6.45, 7) is 4.65. The minimum Gasteiger partial charge on any atom is -0.354 e. The van der Waals surface area contributed by atoms with E-state index in [9.17, 15) is 14.4 Å². The van der Waals surface area contributed by atoms with Crippen LogP contribution < -0.4 is 10.2 Å². The van der Waals surface area contributed by atoms with Gasteiger partial charge in [-0.15, -0.1) is 0 Å². The van der Waals surface area contributed by atoms with E-state index in [4.69, 9.17) is 0 Å². The van der Waals surface area contributed by atoms with Gasteiger partial charge < -0.3 is 10.2 Å². The van der Waals surface area contributed by atoms with Gasteiger partial charge in [0.05, 0.1) is 5.69 Å². The maximum atomic E-state index is 14.1. The topological polar surface area (TPSA) is 69.7 Å². The van der Waals surface area contributed by atoms with E-state index >= 15 is 0 Å². The number of anilines is 1. The standard InChI is InChI=1S/C33H33N3O3/c1-3-19-34-32(38)29(20-24-9-5-4-6-10-24)35(21-25-17-15-23(2)16-18-25)30(37)22-36-28-14-8-12-26-11-7-13-27(31(26)28)33(36)39/h4-18,29H,3,19-22H2,1-2H3,(H,34,38). The lowest BCUT2D eigenvalue weighted by molar-refractivity contribution is -0.140. The van der Waals surface area contributed by atoms with Crippen molar-refractivity contribution in [3.05, 3.63) is 113 Å². The van der Waals surface area contributed by atoms with Gasteiger partial charge in [-0.3, -0.25) is 19.3 Å². The Bertz CT molecular complexity index is 1490. The predicted octanol–water partition coefficient (Wildman–Crippen LogP) is 5.27. The molecule has 0 saturated carbocycles. The molecule has 0 fully saturated rings. The molecule has 1 aliphatic heterocycles. The zero-order valence-corrected chi connectivity index (χ0v) is 22.4. The fourth-order valence-electron chi connectivity index (χ4n) is 5.17. The van der Waals surface area contributed by atoms with Crippen molar-refractivity contribution in [3.63, 3.8) is 0 Å². The van der Waals surface area contributed by atoms with Crippen LogP contribution in [0.1, 0.15) is 40.4 Å². The molecule has 1 N–H and O–H groups in total. The van der Waals surface area contributed by atoms with Gasteiger partial charge in [0, 0.05) is 30.5 Å². The largest absolute Gasteiger partial charge is 0.354 e. The van der Waals surface area contributed by atoms with Crippen molar-refractivity contribution < 1.29 is 14.4 Å². The van der Waals surface area contributed by atoms with E-state index in [1.165, 1.54) is 0 Å². The van der Waals surface area contributed by atoms with Crippen LogP contribution >= 0.6 is 0 Å². The van der Waals surface area contributed by atoms with Crippen molar-refractivity contribution in [2.75, 3.05) is 18.0 Å². The number of nitrogens with zero attached hydrogens (tertiary/aromatic N) is 2. The summed E-state index contributed by atoms with van der Waals surface area (Å²) < 4.78 is 0. The van der Waals surface area contributed by atoms with Crippen LogP contribution in [0, 0.1) is 6.92 Å². The summed E-state index contributed by atoms with van der Waals surface area (Å²) in [6, 6.07) is 28.4. The molecule has 1 atom stereocenters. The van der Waals surface area contributed by atoms with Crippen LogP contribution in [0.25, 0.3) is 10.8 Å². The number of hydrogen-bond acceptors (Lipinski definition) is 3. The van der Waals surface area contributed by atoms with Gasteiger partial charge in [0.15, 0.2) is 0 Å². The molecule has 0 bridgehead atoms. The Kier molecular flexibility index (Phi) is 7.73. The molecule has 0 aliphatic carbocycles. The summed E-state index contributed by atoms with van der Waals surface area (Å²) in [6.07, 6.45) is 1.16. The normalized spacial score (nSPS) is 13.0. The Balaban J connectivity index is 1.50. The van der Waals surface area contributed by atoms with E-state index in [0.717, 1.165) is 39.6 Å². The fourth-order valence-corrected chi connectivity index (χ4v) is 5.17. The van der Waals surface area contributed by atoms with Gasteiger partial charge in [0.25, 0.3) is 5.91 Å². The maximum absolute atomic E-state index is 14.1. The second-order valence-electron chi connectivity index (χ2n) is 10.1. The van der Waals surface area contributed by atoms with Crippen LogP contribution in [0.3, 0.4) is 0 Å². The van der Waals surface area contributed by atoms with Crippen LogP contribution in [0.4, 0.5) is 5.69 Å². The Morgan fingerprint density at radius 2 is 1.59 bits per heavy atom. The predicted molar refractivity (Wildman–Crippen MR) is 155 cm³/mol. The lowest BCUT2D eigenvalue weighted by atomic mass is 10.0. The molecule has 6 heteroatoms. The number of benzene rings is 4. The van der Waals surface area contributed by atoms with Crippen LogP contribution in [0.2, 0.25) is 0 Å². The van der Waals surface area contributed by atoms with Crippen LogP contribution in [0.5, 0.6) is 0 Å². The maximum Gasteiger partial charge on any atom is 0.259 e. The molecule has 3 amide bonds. The van der Waals surface area contributed by atoms with Gasteiger partial charge in [-0.2, -0.15) is 0 Å². The third kappa shape index (κ3) is 5.55. The fraction of sp³-hybridized carbons (Fsp3) is 0.242. The Morgan fingerprint density at radius 3 is 2.31 bits per heavy atom. The zero-order chi connectivity index (χ0) is 27.4.